The van der Waals surface area contributed by atoms with Crippen LogP contribution in [0.25, 0.3) is 66.9 Å². The summed E-state index contributed by atoms with van der Waals surface area (Å²) in [6.07, 6.45) is 7.46. The Morgan fingerprint density at radius 3 is 1.42 bits per heavy atom. The van der Waals surface area contributed by atoms with E-state index in [0.29, 0.717) is 11.6 Å². The van der Waals surface area contributed by atoms with Crippen LogP contribution in [0.1, 0.15) is 0 Å². The van der Waals surface area contributed by atoms with Gasteiger partial charge in [-0.3, -0.25) is 9.13 Å². The highest BCUT2D eigenvalue weighted by Crippen LogP contribution is 2.36. The lowest BCUT2D eigenvalue weighted by atomic mass is 10.1. The van der Waals surface area contributed by atoms with E-state index < -0.39 is 0 Å². The Labute approximate surface area is 204 Å². The lowest BCUT2D eigenvalue weighted by molar-refractivity contribution is 0.664. The normalized spacial score (nSPS) is 11.9. The summed E-state index contributed by atoms with van der Waals surface area (Å²) in [7, 11) is 0. The maximum absolute atomic E-state index is 6.30. The van der Waals surface area contributed by atoms with E-state index in [-0.39, 0.29) is 0 Å². The van der Waals surface area contributed by atoms with Crippen LogP contribution in [0.4, 0.5) is 0 Å². The van der Waals surface area contributed by atoms with Gasteiger partial charge in [-0.25, -0.2) is 9.97 Å². The Bertz CT molecular complexity index is 1920. The van der Waals surface area contributed by atoms with Crippen LogP contribution >= 0.6 is 0 Å². The van der Waals surface area contributed by atoms with Gasteiger partial charge in [0.25, 0.3) is 0 Å². The smallest absolute Gasteiger partial charge is 0.181 e. The molecule has 6 nitrogen and oxygen atoms in total. The molecule has 170 valence electrons. The van der Waals surface area contributed by atoms with Crippen LogP contribution in [0, 0.1) is 0 Å². The van der Waals surface area contributed by atoms with Crippen molar-refractivity contribution in [1.82, 2.24) is 19.1 Å². The molecule has 4 heterocycles. The van der Waals surface area contributed by atoms with Crippen molar-refractivity contribution in [2.24, 2.45) is 0 Å². The predicted octanol–water partition coefficient (Wildman–Crippen LogP) is 7.52. The van der Waals surface area contributed by atoms with Crippen LogP contribution in [0.5, 0.6) is 0 Å². The van der Waals surface area contributed by atoms with Gasteiger partial charge >= 0.3 is 0 Å². The number of aromatic nitrogens is 4. The molecule has 6 heteroatoms. The van der Waals surface area contributed by atoms with Crippen molar-refractivity contribution >= 4 is 43.9 Å². The van der Waals surface area contributed by atoms with Gasteiger partial charge in [-0.05, 0) is 24.3 Å². The summed E-state index contributed by atoms with van der Waals surface area (Å²) in [5, 5.41) is 4.32. The van der Waals surface area contributed by atoms with Crippen molar-refractivity contribution in [1.29, 1.82) is 0 Å². The molecule has 0 fully saturated rings. The quantitative estimate of drug-likeness (QED) is 0.270. The molecule has 0 aliphatic carbocycles. The van der Waals surface area contributed by atoms with Gasteiger partial charge in [-0.15, -0.1) is 0 Å². The van der Waals surface area contributed by atoms with Crippen molar-refractivity contribution < 1.29 is 8.83 Å². The van der Waals surface area contributed by atoms with Crippen molar-refractivity contribution in [3.63, 3.8) is 0 Å². The Hall–Kier alpha value is -5.10. The molecule has 0 aliphatic rings. The average Bonchev–Trinajstić information content (AvgIpc) is 3.71. The third kappa shape index (κ3) is 2.61. The van der Waals surface area contributed by atoms with Crippen LogP contribution in [0.15, 0.2) is 119 Å². The zero-order valence-corrected chi connectivity index (χ0v) is 19.0. The minimum atomic E-state index is 0.709. The molecule has 4 aromatic carbocycles. The molecule has 0 aliphatic heterocycles. The summed E-state index contributed by atoms with van der Waals surface area (Å²) in [5.74, 6) is 1.42. The highest BCUT2D eigenvalue weighted by molar-refractivity contribution is 6.08. The van der Waals surface area contributed by atoms with E-state index in [1.165, 1.54) is 0 Å². The molecular weight excluding hydrogens is 448 g/mol. The van der Waals surface area contributed by atoms with Crippen LogP contribution in [-0.4, -0.2) is 19.1 Å². The molecule has 0 saturated heterocycles. The van der Waals surface area contributed by atoms with Gasteiger partial charge in [-0.2, -0.15) is 0 Å². The molecular formula is C30H18N4O2. The molecule has 0 unspecified atom stereocenters. The Morgan fingerprint density at radius 2 is 0.917 bits per heavy atom. The third-order valence-corrected chi connectivity index (χ3v) is 6.77. The average molecular weight is 467 g/mol. The first-order valence-corrected chi connectivity index (χ1v) is 11.8. The minimum Gasteiger partial charge on any atom is -0.454 e. The first kappa shape index (κ1) is 19.2. The molecule has 0 radical (unpaired) electrons. The number of hydrogen-bond acceptors (Lipinski definition) is 4. The fraction of sp³-hybridized carbons (Fsp3) is 0. The Morgan fingerprint density at radius 1 is 0.472 bits per heavy atom. The number of hydrogen-bond donors (Lipinski definition) is 0. The second-order valence-electron chi connectivity index (χ2n) is 8.75. The monoisotopic (exact) mass is 466 g/mol. The van der Waals surface area contributed by atoms with Gasteiger partial charge in [0.15, 0.2) is 22.8 Å². The molecule has 0 atom stereocenters. The van der Waals surface area contributed by atoms with E-state index in [9.17, 15) is 0 Å². The molecule has 8 rings (SSSR count). The molecule has 0 bridgehead atoms. The van der Waals surface area contributed by atoms with Crippen molar-refractivity contribution in [2.45, 2.75) is 0 Å². The fourth-order valence-electron chi connectivity index (χ4n) is 5.17. The number of benzene rings is 4. The summed E-state index contributed by atoms with van der Waals surface area (Å²) in [5.41, 5.74) is 5.17. The van der Waals surface area contributed by atoms with E-state index >= 15 is 0 Å². The van der Waals surface area contributed by atoms with Crippen molar-refractivity contribution in [3.8, 4) is 23.0 Å². The molecule has 4 aromatic heterocycles. The molecule has 8 aromatic rings. The topological polar surface area (TPSA) is 61.9 Å². The Kier molecular flexibility index (Phi) is 3.85. The minimum absolute atomic E-state index is 0.709. The molecule has 0 amide bonds. The third-order valence-electron chi connectivity index (χ3n) is 6.77. The first-order chi connectivity index (χ1) is 17.9. The lowest BCUT2D eigenvalue weighted by Crippen LogP contribution is -2.03. The van der Waals surface area contributed by atoms with Crippen LogP contribution in [0.2, 0.25) is 0 Å². The second kappa shape index (κ2) is 7.20. The van der Waals surface area contributed by atoms with Crippen molar-refractivity contribution in [3.05, 3.63) is 110 Å². The fourth-order valence-corrected chi connectivity index (χ4v) is 5.17. The largest absolute Gasteiger partial charge is 0.454 e. The van der Waals surface area contributed by atoms with Gasteiger partial charge in [-0.1, -0.05) is 60.7 Å². The number of furan rings is 2. The van der Waals surface area contributed by atoms with Crippen LogP contribution < -0.4 is 0 Å². The van der Waals surface area contributed by atoms with Gasteiger partial charge in [0.2, 0.25) is 0 Å². The number of imidazole rings is 2. The maximum atomic E-state index is 6.30. The lowest BCUT2D eigenvalue weighted by Gasteiger charge is -2.11. The first-order valence-electron chi connectivity index (χ1n) is 11.8. The summed E-state index contributed by atoms with van der Waals surface area (Å²) in [4.78, 5) is 9.42. The van der Waals surface area contributed by atoms with Crippen LogP contribution in [-0.2, 0) is 0 Å². The van der Waals surface area contributed by atoms with Gasteiger partial charge in [0.05, 0.1) is 11.4 Å². The molecule has 0 spiro atoms. The maximum Gasteiger partial charge on any atom is 0.181 e. The van der Waals surface area contributed by atoms with E-state index in [4.69, 9.17) is 18.8 Å². The molecule has 36 heavy (non-hydrogen) atoms. The van der Waals surface area contributed by atoms with E-state index in [1.54, 1.807) is 12.4 Å². The van der Waals surface area contributed by atoms with Crippen LogP contribution in [0.3, 0.4) is 0 Å². The number of rotatable bonds is 3. The molecule has 0 saturated carbocycles. The highest BCUT2D eigenvalue weighted by atomic mass is 16.3. The zero-order chi connectivity index (χ0) is 23.6. The number of para-hydroxylation sites is 4. The van der Waals surface area contributed by atoms with E-state index in [2.05, 4.69) is 24.3 Å². The summed E-state index contributed by atoms with van der Waals surface area (Å²) in [6, 6.07) is 28.6. The predicted molar refractivity (Wildman–Crippen MR) is 141 cm³/mol. The van der Waals surface area contributed by atoms with Gasteiger partial charge < -0.3 is 8.83 Å². The SMILES string of the molecule is c1ccc2c(c1)oc1c(-n3ccnc3-c3nccn3-c3cccc4c3oc3ccccc34)cccc12. The van der Waals surface area contributed by atoms with Gasteiger partial charge in [0, 0.05) is 46.3 Å². The summed E-state index contributed by atoms with van der Waals surface area (Å²) in [6.45, 7) is 0. The Balaban J connectivity index is 1.35. The highest BCUT2D eigenvalue weighted by Gasteiger charge is 2.20. The summed E-state index contributed by atoms with van der Waals surface area (Å²) >= 11 is 0. The standard InChI is InChI=1S/C30H18N4O2/c1-3-13-25-19(7-1)21-9-5-11-23(27(21)35-25)33-17-15-31-29(33)30-32-16-18-34(30)24-12-6-10-22-20-8-2-4-14-26(20)36-28(22)24/h1-18H. The van der Waals surface area contributed by atoms with Crippen molar-refractivity contribution in [2.75, 3.05) is 0 Å². The number of fused-ring (bicyclic) bond motifs is 6. The summed E-state index contributed by atoms with van der Waals surface area (Å²) < 4.78 is 16.7. The van der Waals surface area contributed by atoms with Gasteiger partial charge in [0.1, 0.15) is 11.2 Å². The van der Waals surface area contributed by atoms with E-state index in [1.807, 2.05) is 82.2 Å². The molecule has 0 N–H and O–H groups in total. The zero-order valence-electron chi connectivity index (χ0n) is 19.0. The van der Waals surface area contributed by atoms with E-state index in [0.717, 1.165) is 55.3 Å². The number of nitrogens with zero attached hydrogens (tertiary/aromatic N) is 4. The second-order valence-corrected chi connectivity index (χ2v) is 8.75.